The molecule has 23 heteroatoms. The number of hydrogen-bond donors (Lipinski definition) is 6. The van der Waals surface area contributed by atoms with Gasteiger partial charge in [0.2, 0.25) is 0 Å². The number of carbonyl (C=O) groups is 1. The van der Waals surface area contributed by atoms with E-state index in [2.05, 4.69) is 45.7 Å². The molecule has 0 atom stereocenters. The van der Waals surface area contributed by atoms with Crippen LogP contribution in [-0.2, 0) is 46.7 Å². The van der Waals surface area contributed by atoms with Crippen LogP contribution in [0.5, 0.6) is 5.75 Å². The van der Waals surface area contributed by atoms with Crippen LogP contribution in [0.3, 0.4) is 0 Å². The van der Waals surface area contributed by atoms with Gasteiger partial charge in [0.15, 0.2) is 11.6 Å². The summed E-state index contributed by atoms with van der Waals surface area (Å²) in [5.74, 6) is -3.07. The fourth-order valence-corrected chi connectivity index (χ4v) is 5.35. The van der Waals surface area contributed by atoms with Crippen molar-refractivity contribution >= 4 is 72.5 Å². The van der Waals surface area contributed by atoms with Gasteiger partial charge in [0, 0.05) is 28.8 Å². The van der Waals surface area contributed by atoms with Gasteiger partial charge in [-0.05, 0) is 60.7 Å². The summed E-state index contributed by atoms with van der Waals surface area (Å²) in [6, 6.07) is 17.5. The summed E-state index contributed by atoms with van der Waals surface area (Å²) in [5.41, 5.74) is 4.26. The van der Waals surface area contributed by atoms with E-state index in [0.717, 1.165) is 11.8 Å². The molecule has 0 aliphatic carbocycles. The summed E-state index contributed by atoms with van der Waals surface area (Å²) in [5, 5.41) is 54.9. The van der Waals surface area contributed by atoms with Gasteiger partial charge in [-0.1, -0.05) is 23.2 Å². The molecule has 0 saturated heterocycles. The average Bonchev–Trinajstić information content (AvgIpc) is 3.06. The minimum Gasteiger partial charge on any atom is -0.573 e. The van der Waals surface area contributed by atoms with Crippen LogP contribution in [0.25, 0.3) is 5.43 Å². The fourth-order valence-electron chi connectivity index (χ4n) is 3.73. The van der Waals surface area contributed by atoms with Crippen molar-refractivity contribution in [3.63, 3.8) is 0 Å². The third kappa shape index (κ3) is 10.6. The van der Waals surface area contributed by atoms with Crippen LogP contribution in [0.15, 0.2) is 119 Å². The molecule has 0 bridgehead atoms. The Morgan fingerprint density at radius 3 is 2.20 bits per heavy atom. The van der Waals surface area contributed by atoms with E-state index in [0.29, 0.717) is 29.9 Å². The SMILES string of the molecule is CNc1ccc(N=Nc2cccc(/C(N=Nc3cc(S(=O)(=O)O)cc(S(=O)(=O)O)c3O)=N/[N-]c3ccc(SOOO)cc3C(=O)O)c2)cc1.[Cu+]. The fraction of sp³-hybridized carbons (Fsp3) is 0.0370. The number of aromatic hydroxyl groups is 1. The molecule has 4 aromatic rings. The Labute approximate surface area is 297 Å². The number of hydrogen-bond acceptors (Lipinski definition) is 15. The van der Waals surface area contributed by atoms with Gasteiger partial charge in [0.25, 0.3) is 20.2 Å². The molecule has 19 nitrogen and oxygen atoms in total. The van der Waals surface area contributed by atoms with E-state index < -0.39 is 53.3 Å². The van der Waals surface area contributed by atoms with E-state index in [1.54, 1.807) is 37.4 Å². The number of rotatable bonds is 13. The van der Waals surface area contributed by atoms with Crippen molar-refractivity contribution in [1.82, 2.24) is 0 Å². The molecule has 0 radical (unpaired) electrons. The number of carboxylic acid groups (broad SMARTS) is 1. The standard InChI is InChI=1S/C27H23N7O12S3.Cu/c1-28-16-5-7-17(8-6-16)29-30-18-4-2-3-15(11-18)26(33-31-22-10-9-19(47-46-45-38)12-21(22)27(36)37)34-32-23-13-20(48(39,40)41)14-24(25(23)35)49(42,43)44;/h2-14H,1H3,(H7,28,29,30,31,32,33,34,35,36,37,38,39,40,41,42,43,44);/q;+1/p-1. The van der Waals surface area contributed by atoms with Crippen molar-refractivity contribution in [2.24, 2.45) is 25.6 Å². The largest absolute Gasteiger partial charge is 1.00 e. The maximum absolute atomic E-state index is 11.9. The van der Waals surface area contributed by atoms with Crippen LogP contribution < -0.4 is 5.32 Å². The number of amidine groups is 1. The number of aromatic carboxylic acids is 1. The maximum Gasteiger partial charge on any atom is 1.00 e. The zero-order chi connectivity index (χ0) is 35.8. The Morgan fingerprint density at radius 1 is 0.880 bits per heavy atom. The minimum atomic E-state index is -5.23. The second-order valence-electron chi connectivity index (χ2n) is 9.22. The van der Waals surface area contributed by atoms with E-state index in [-0.39, 0.29) is 44.5 Å². The molecule has 0 aliphatic heterocycles. The van der Waals surface area contributed by atoms with E-state index in [1.807, 2.05) is 0 Å². The van der Waals surface area contributed by atoms with E-state index in [4.69, 9.17) is 5.26 Å². The van der Waals surface area contributed by atoms with Crippen LogP contribution in [0.1, 0.15) is 15.9 Å². The van der Waals surface area contributed by atoms with Crippen LogP contribution in [0, 0.1) is 0 Å². The van der Waals surface area contributed by atoms with E-state index in [1.165, 1.54) is 30.3 Å². The van der Waals surface area contributed by atoms with Crippen molar-refractivity contribution in [1.29, 1.82) is 0 Å². The summed E-state index contributed by atoms with van der Waals surface area (Å²) < 4.78 is 70.5. The summed E-state index contributed by atoms with van der Waals surface area (Å²) in [7, 11) is -8.55. The van der Waals surface area contributed by atoms with Crippen LogP contribution in [-0.4, -0.2) is 60.3 Å². The molecule has 0 heterocycles. The van der Waals surface area contributed by atoms with E-state index in [9.17, 15) is 40.9 Å². The molecule has 0 fully saturated rings. The molecule has 0 aromatic heterocycles. The Morgan fingerprint density at radius 2 is 1.58 bits per heavy atom. The molecule has 0 aliphatic rings. The molecule has 4 rings (SSSR count). The molecule has 0 amide bonds. The number of phenolic OH excluding ortho intramolecular Hbond substituents is 1. The maximum atomic E-state index is 11.9. The van der Waals surface area contributed by atoms with Crippen molar-refractivity contribution in [3.05, 3.63) is 95.4 Å². The van der Waals surface area contributed by atoms with Gasteiger partial charge >= 0.3 is 23.0 Å². The molecule has 0 saturated carbocycles. The van der Waals surface area contributed by atoms with Gasteiger partial charge in [-0.25, -0.2) is 10.1 Å². The number of benzene rings is 4. The molecular formula is C27H22CuN7O12S3. The van der Waals surface area contributed by atoms with Crippen molar-refractivity contribution in [2.45, 2.75) is 14.7 Å². The van der Waals surface area contributed by atoms with Gasteiger partial charge in [-0.3, -0.25) is 9.11 Å². The first-order chi connectivity index (χ1) is 23.2. The van der Waals surface area contributed by atoms with Crippen molar-refractivity contribution in [2.75, 3.05) is 12.4 Å². The average molecular weight is 796 g/mol. The second kappa shape index (κ2) is 17.2. The Bertz CT molecular complexity index is 2180. The smallest absolute Gasteiger partial charge is 0.573 e. The Balaban J connectivity index is 0.00000676. The van der Waals surface area contributed by atoms with Crippen LogP contribution in [0.2, 0.25) is 0 Å². The van der Waals surface area contributed by atoms with Crippen molar-refractivity contribution < 1.29 is 72.6 Å². The summed E-state index contributed by atoms with van der Waals surface area (Å²) in [6.45, 7) is 0. The summed E-state index contributed by atoms with van der Waals surface area (Å²) in [6.07, 6.45) is 0. The number of azo groups is 2. The van der Waals surface area contributed by atoms with Gasteiger partial charge in [-0.15, -0.1) is 20.2 Å². The molecule has 0 unspecified atom stereocenters. The molecule has 4 aromatic carbocycles. The van der Waals surface area contributed by atoms with Gasteiger partial charge in [0.05, 0.1) is 28.3 Å². The third-order valence-corrected chi connectivity index (χ3v) is 8.28. The molecular weight excluding hydrogens is 774 g/mol. The summed E-state index contributed by atoms with van der Waals surface area (Å²) >= 11 is 0.487. The predicted octanol–water partition coefficient (Wildman–Crippen LogP) is 6.62. The first-order valence-electron chi connectivity index (χ1n) is 13.0. The van der Waals surface area contributed by atoms with Crippen LogP contribution in [0.4, 0.5) is 28.4 Å². The number of nitrogens with zero attached hydrogens (tertiary/aromatic N) is 6. The molecule has 266 valence electrons. The van der Waals surface area contributed by atoms with Gasteiger partial charge < -0.3 is 26.1 Å². The number of carboxylic acids is 1. The first-order valence-corrected chi connectivity index (χ1v) is 16.7. The number of phenols is 1. The first kappa shape index (κ1) is 39.6. The van der Waals surface area contributed by atoms with Gasteiger partial charge in [-0.2, -0.15) is 27.1 Å². The third-order valence-electron chi connectivity index (χ3n) is 6.01. The zero-order valence-corrected chi connectivity index (χ0v) is 28.2. The monoisotopic (exact) mass is 795 g/mol. The topological polar surface area (TPSA) is 293 Å². The quantitative estimate of drug-likeness (QED) is 0.0121. The number of nitrogens with one attached hydrogen (secondary N) is 1. The predicted molar refractivity (Wildman–Crippen MR) is 172 cm³/mol. The van der Waals surface area contributed by atoms with Crippen LogP contribution >= 0.6 is 12.0 Å². The van der Waals surface area contributed by atoms with Gasteiger partial charge in [0.1, 0.15) is 10.6 Å². The normalized spacial score (nSPS) is 12.2. The molecule has 6 N–H and O–H groups in total. The Hall–Kier alpha value is -4.81. The minimum absolute atomic E-state index is 0. The van der Waals surface area contributed by atoms with E-state index >= 15 is 0 Å². The van der Waals surface area contributed by atoms with Crippen molar-refractivity contribution in [3.8, 4) is 5.75 Å². The number of anilines is 1. The second-order valence-corrected chi connectivity index (χ2v) is 12.8. The zero-order valence-electron chi connectivity index (χ0n) is 24.8. The molecule has 50 heavy (non-hydrogen) atoms. The summed E-state index contributed by atoms with van der Waals surface area (Å²) in [4.78, 5) is 9.77. The Kier molecular flexibility index (Phi) is 13.6. The molecule has 0 spiro atoms.